The maximum Gasteiger partial charge on any atom is 0.220 e. The first-order valence-electron chi connectivity index (χ1n) is 6.33. The van der Waals surface area contributed by atoms with Crippen LogP contribution in [-0.2, 0) is 11.3 Å². The van der Waals surface area contributed by atoms with Crippen LogP contribution in [-0.4, -0.2) is 11.0 Å². The van der Waals surface area contributed by atoms with Crippen LogP contribution >= 0.6 is 0 Å². The summed E-state index contributed by atoms with van der Waals surface area (Å²) in [5.41, 5.74) is 1.05. The van der Waals surface area contributed by atoms with Crippen molar-refractivity contribution in [1.82, 2.24) is 5.32 Å². The lowest BCUT2D eigenvalue weighted by Gasteiger charge is -2.26. The minimum atomic E-state index is 0.0563. The van der Waals surface area contributed by atoms with Gasteiger partial charge in [-0.25, -0.2) is 0 Å². The lowest BCUT2D eigenvalue weighted by molar-refractivity contribution is -0.122. The normalized spacial score (nSPS) is 13.1. The predicted octanol–water partition coefficient (Wildman–Crippen LogP) is 3.08. The van der Waals surface area contributed by atoms with Gasteiger partial charge in [-0.3, -0.25) is 4.79 Å². The largest absolute Gasteiger partial charge is 0.508 e. The number of carbonyl (C=O) groups excluding carboxylic acids is 1. The molecule has 0 bridgehead atoms. The predicted molar refractivity (Wildman–Crippen MR) is 73.2 cm³/mol. The van der Waals surface area contributed by atoms with Gasteiger partial charge < -0.3 is 10.4 Å². The fraction of sp³-hybridized carbons (Fsp3) is 0.533. The van der Waals surface area contributed by atoms with Gasteiger partial charge in [-0.2, -0.15) is 0 Å². The van der Waals surface area contributed by atoms with E-state index in [4.69, 9.17) is 0 Å². The Labute approximate surface area is 109 Å². The average molecular weight is 249 g/mol. The highest BCUT2D eigenvalue weighted by molar-refractivity contribution is 5.76. The number of benzene rings is 1. The highest BCUT2D eigenvalue weighted by Crippen LogP contribution is 2.27. The second-order valence-electron chi connectivity index (χ2n) is 5.92. The molecule has 0 heterocycles. The summed E-state index contributed by atoms with van der Waals surface area (Å²) in [6, 6.07) is 6.93. The SMILES string of the molecule is CC(CC(=O)NCc1cccc(O)c1)C(C)(C)C. The molecule has 0 saturated carbocycles. The molecule has 0 aliphatic carbocycles. The van der Waals surface area contributed by atoms with Crippen molar-refractivity contribution in [3.63, 3.8) is 0 Å². The van der Waals surface area contributed by atoms with Gasteiger partial charge in [-0.1, -0.05) is 39.8 Å². The second-order valence-corrected chi connectivity index (χ2v) is 5.92. The highest BCUT2D eigenvalue weighted by atomic mass is 16.3. The molecule has 1 aromatic carbocycles. The maximum absolute atomic E-state index is 11.8. The molecule has 1 aromatic rings. The zero-order valence-electron chi connectivity index (χ0n) is 11.7. The lowest BCUT2D eigenvalue weighted by Crippen LogP contribution is -2.28. The first-order chi connectivity index (χ1) is 8.29. The molecule has 0 saturated heterocycles. The molecule has 0 aliphatic rings. The van der Waals surface area contributed by atoms with E-state index in [-0.39, 0.29) is 17.1 Å². The van der Waals surface area contributed by atoms with Crippen molar-refractivity contribution in [1.29, 1.82) is 0 Å². The smallest absolute Gasteiger partial charge is 0.220 e. The molecule has 1 atom stereocenters. The van der Waals surface area contributed by atoms with E-state index in [1.54, 1.807) is 18.2 Å². The van der Waals surface area contributed by atoms with Crippen LogP contribution in [0.2, 0.25) is 0 Å². The van der Waals surface area contributed by atoms with E-state index in [1.807, 2.05) is 6.07 Å². The summed E-state index contributed by atoms with van der Waals surface area (Å²) in [4.78, 5) is 11.8. The van der Waals surface area contributed by atoms with Crippen molar-refractivity contribution >= 4 is 5.91 Å². The summed E-state index contributed by atoms with van der Waals surface area (Å²) >= 11 is 0. The fourth-order valence-electron chi connectivity index (χ4n) is 1.52. The standard InChI is InChI=1S/C15H23NO2/c1-11(15(2,3)4)8-14(18)16-10-12-6-5-7-13(17)9-12/h5-7,9,11,17H,8,10H2,1-4H3,(H,16,18). The number of hydrogen-bond acceptors (Lipinski definition) is 2. The number of hydrogen-bond donors (Lipinski definition) is 2. The molecule has 1 amide bonds. The van der Waals surface area contributed by atoms with E-state index in [0.717, 1.165) is 5.56 Å². The Morgan fingerprint density at radius 3 is 2.61 bits per heavy atom. The number of phenols is 1. The first kappa shape index (κ1) is 14.6. The summed E-state index contributed by atoms with van der Waals surface area (Å²) < 4.78 is 0. The molecule has 18 heavy (non-hydrogen) atoms. The topological polar surface area (TPSA) is 49.3 Å². The summed E-state index contributed by atoms with van der Waals surface area (Å²) in [5, 5.41) is 12.2. The molecule has 1 unspecified atom stereocenters. The van der Waals surface area contributed by atoms with E-state index in [9.17, 15) is 9.90 Å². The van der Waals surface area contributed by atoms with E-state index >= 15 is 0 Å². The molecule has 1 rings (SSSR count). The molecule has 0 aliphatic heterocycles. The first-order valence-corrected chi connectivity index (χ1v) is 6.33. The number of nitrogens with one attached hydrogen (secondary N) is 1. The van der Waals surface area contributed by atoms with E-state index in [1.165, 1.54) is 0 Å². The van der Waals surface area contributed by atoms with Crippen molar-refractivity contribution in [2.24, 2.45) is 11.3 Å². The van der Waals surface area contributed by atoms with Crippen molar-refractivity contribution in [3.05, 3.63) is 29.8 Å². The zero-order chi connectivity index (χ0) is 13.8. The van der Waals surface area contributed by atoms with E-state index in [0.29, 0.717) is 18.9 Å². The van der Waals surface area contributed by atoms with Crippen molar-refractivity contribution in [2.45, 2.75) is 40.7 Å². The van der Waals surface area contributed by atoms with Gasteiger partial charge in [-0.15, -0.1) is 0 Å². The van der Waals surface area contributed by atoms with Crippen LogP contribution in [0.5, 0.6) is 5.75 Å². The third kappa shape index (κ3) is 4.78. The van der Waals surface area contributed by atoms with Crippen LogP contribution in [0.1, 0.15) is 39.7 Å². The Kier molecular flexibility index (Phi) is 4.76. The summed E-state index contributed by atoms with van der Waals surface area (Å²) in [6.07, 6.45) is 0.530. The molecular weight excluding hydrogens is 226 g/mol. The van der Waals surface area contributed by atoms with Gasteiger partial charge in [0.1, 0.15) is 5.75 Å². The van der Waals surface area contributed by atoms with Gasteiger partial charge in [0.25, 0.3) is 0 Å². The number of phenolic OH excluding ortho intramolecular Hbond substituents is 1. The van der Waals surface area contributed by atoms with Crippen molar-refractivity contribution in [3.8, 4) is 5.75 Å². The average Bonchev–Trinajstić information content (AvgIpc) is 2.25. The number of amides is 1. The summed E-state index contributed by atoms with van der Waals surface area (Å²) in [6.45, 7) is 8.97. The Hall–Kier alpha value is -1.51. The van der Waals surface area contributed by atoms with E-state index < -0.39 is 0 Å². The summed E-state index contributed by atoms with van der Waals surface area (Å²) in [5.74, 6) is 0.618. The molecule has 2 N–H and O–H groups in total. The number of aromatic hydroxyl groups is 1. The molecule has 3 nitrogen and oxygen atoms in total. The van der Waals surface area contributed by atoms with Crippen LogP contribution < -0.4 is 5.32 Å². The zero-order valence-corrected chi connectivity index (χ0v) is 11.7. The molecule has 0 radical (unpaired) electrons. The van der Waals surface area contributed by atoms with Gasteiger partial charge in [0.05, 0.1) is 0 Å². The Bertz CT molecular complexity index is 407. The highest BCUT2D eigenvalue weighted by Gasteiger charge is 2.22. The van der Waals surface area contributed by atoms with Crippen LogP contribution in [0.4, 0.5) is 0 Å². The second kappa shape index (κ2) is 5.89. The van der Waals surface area contributed by atoms with Gasteiger partial charge in [0.2, 0.25) is 5.91 Å². The quantitative estimate of drug-likeness (QED) is 0.861. The summed E-state index contributed by atoms with van der Waals surface area (Å²) in [7, 11) is 0. The molecule has 100 valence electrons. The Morgan fingerprint density at radius 1 is 1.39 bits per heavy atom. The number of rotatable bonds is 4. The monoisotopic (exact) mass is 249 g/mol. The van der Waals surface area contributed by atoms with Crippen molar-refractivity contribution in [2.75, 3.05) is 0 Å². The fourth-order valence-corrected chi connectivity index (χ4v) is 1.52. The lowest BCUT2D eigenvalue weighted by atomic mass is 9.80. The molecule has 0 fully saturated rings. The van der Waals surface area contributed by atoms with E-state index in [2.05, 4.69) is 33.0 Å². The maximum atomic E-state index is 11.8. The minimum Gasteiger partial charge on any atom is -0.508 e. The van der Waals surface area contributed by atoms with Crippen molar-refractivity contribution < 1.29 is 9.90 Å². The van der Waals surface area contributed by atoms with Gasteiger partial charge in [0.15, 0.2) is 0 Å². The van der Waals surface area contributed by atoms with Gasteiger partial charge >= 0.3 is 0 Å². The van der Waals surface area contributed by atoms with Gasteiger partial charge in [0, 0.05) is 13.0 Å². The van der Waals surface area contributed by atoms with Crippen LogP contribution in [0.3, 0.4) is 0 Å². The third-order valence-electron chi connectivity index (χ3n) is 3.37. The minimum absolute atomic E-state index is 0.0563. The van der Waals surface area contributed by atoms with Gasteiger partial charge in [-0.05, 0) is 29.0 Å². The van der Waals surface area contributed by atoms with Crippen LogP contribution in [0, 0.1) is 11.3 Å². The van der Waals surface area contributed by atoms with Crippen LogP contribution in [0.15, 0.2) is 24.3 Å². The van der Waals surface area contributed by atoms with Crippen LogP contribution in [0.25, 0.3) is 0 Å². The molecular formula is C15H23NO2. The molecule has 0 aromatic heterocycles. The Morgan fingerprint density at radius 2 is 2.06 bits per heavy atom. The third-order valence-corrected chi connectivity index (χ3v) is 3.37. The molecule has 0 spiro atoms. The number of carbonyl (C=O) groups is 1. The Balaban J connectivity index is 2.42. The molecule has 3 heteroatoms.